The molecule has 2 N–H and O–H groups in total. The van der Waals surface area contributed by atoms with Gasteiger partial charge in [-0.1, -0.05) is 23.8 Å². The third-order valence-electron chi connectivity index (χ3n) is 4.49. The zero-order valence-electron chi connectivity index (χ0n) is 15.6. The van der Waals surface area contributed by atoms with Crippen molar-refractivity contribution in [3.05, 3.63) is 35.9 Å². The Bertz CT molecular complexity index is 761. The number of carbonyl (C=O) groups excluding carboxylic acids is 3. The monoisotopic (exact) mass is 388 g/mol. The first-order chi connectivity index (χ1) is 13.6. The zero-order chi connectivity index (χ0) is 19.8. The van der Waals surface area contributed by atoms with Crippen molar-refractivity contribution in [2.75, 3.05) is 19.8 Å². The quantitative estimate of drug-likeness (QED) is 0.571. The number of hydrogen-bond donors (Lipinski definition) is 2. The number of hydrogen-bond acceptors (Lipinski definition) is 6. The van der Waals surface area contributed by atoms with Crippen LogP contribution in [0, 0.1) is 0 Å². The summed E-state index contributed by atoms with van der Waals surface area (Å²) in [5, 5.41) is 4.76. The number of urea groups is 1. The zero-order valence-corrected chi connectivity index (χ0v) is 15.6. The van der Waals surface area contributed by atoms with E-state index in [2.05, 4.69) is 16.7 Å². The predicted octanol–water partition coefficient (Wildman–Crippen LogP) is 2.09. The summed E-state index contributed by atoms with van der Waals surface area (Å²) in [4.78, 5) is 35.5. The Balaban J connectivity index is 1.33. The van der Waals surface area contributed by atoms with Crippen molar-refractivity contribution in [3.63, 3.8) is 0 Å². The molecule has 1 aliphatic heterocycles. The van der Waals surface area contributed by atoms with Crippen molar-refractivity contribution >= 4 is 17.9 Å². The molecule has 1 aromatic carbocycles. The van der Waals surface area contributed by atoms with Crippen molar-refractivity contribution in [3.8, 4) is 11.5 Å². The number of fused-ring (bicyclic) bond motifs is 1. The van der Waals surface area contributed by atoms with Crippen LogP contribution in [0.3, 0.4) is 0 Å². The Morgan fingerprint density at radius 1 is 1.14 bits per heavy atom. The molecule has 0 aromatic heterocycles. The van der Waals surface area contributed by atoms with E-state index >= 15 is 0 Å². The van der Waals surface area contributed by atoms with Gasteiger partial charge in [-0.2, -0.15) is 0 Å². The Morgan fingerprint density at radius 2 is 1.96 bits per heavy atom. The molecule has 0 bridgehead atoms. The SMILES string of the molecule is O=C(COC(=O)[C@@H]1COc2ccccc2O1)NC(=O)NCCC1=CCCCC1. The minimum atomic E-state index is -0.958. The number of allylic oxidation sites excluding steroid dienone is 1. The van der Waals surface area contributed by atoms with Crippen LogP contribution in [0.1, 0.15) is 32.1 Å². The van der Waals surface area contributed by atoms with E-state index in [4.69, 9.17) is 14.2 Å². The number of ether oxygens (including phenoxy) is 3. The van der Waals surface area contributed by atoms with E-state index in [-0.39, 0.29) is 6.61 Å². The number of para-hydroxylation sites is 2. The van der Waals surface area contributed by atoms with E-state index in [1.807, 2.05) is 0 Å². The molecule has 1 aromatic rings. The maximum Gasteiger partial charge on any atom is 0.351 e. The minimum Gasteiger partial charge on any atom is -0.485 e. The van der Waals surface area contributed by atoms with Crippen LogP contribution >= 0.6 is 0 Å². The fourth-order valence-corrected chi connectivity index (χ4v) is 3.04. The molecule has 0 saturated heterocycles. The molecule has 0 spiro atoms. The highest BCUT2D eigenvalue weighted by Gasteiger charge is 2.29. The first kappa shape index (κ1) is 19.7. The van der Waals surface area contributed by atoms with Crippen LogP contribution < -0.4 is 20.1 Å². The van der Waals surface area contributed by atoms with Gasteiger partial charge in [-0.25, -0.2) is 9.59 Å². The second-order valence-corrected chi connectivity index (χ2v) is 6.63. The van der Waals surface area contributed by atoms with Crippen LogP contribution in [0.4, 0.5) is 4.79 Å². The first-order valence-corrected chi connectivity index (χ1v) is 9.42. The van der Waals surface area contributed by atoms with Crippen LogP contribution in [-0.4, -0.2) is 43.8 Å². The summed E-state index contributed by atoms with van der Waals surface area (Å²) < 4.78 is 15.8. The second kappa shape index (κ2) is 9.77. The molecule has 0 radical (unpaired) electrons. The summed E-state index contributed by atoms with van der Waals surface area (Å²) in [5.74, 6) is -0.452. The number of imide groups is 1. The van der Waals surface area contributed by atoms with E-state index in [1.54, 1.807) is 24.3 Å². The third kappa shape index (κ3) is 5.73. The van der Waals surface area contributed by atoms with Crippen molar-refractivity contribution in [1.82, 2.24) is 10.6 Å². The summed E-state index contributed by atoms with van der Waals surface area (Å²) in [5.41, 5.74) is 1.34. The highest BCUT2D eigenvalue weighted by Crippen LogP contribution is 2.31. The number of esters is 1. The van der Waals surface area contributed by atoms with E-state index in [9.17, 15) is 14.4 Å². The summed E-state index contributed by atoms with van der Waals surface area (Å²) in [6, 6.07) is 6.35. The first-order valence-electron chi connectivity index (χ1n) is 9.42. The maximum absolute atomic E-state index is 12.0. The van der Waals surface area contributed by atoms with Gasteiger partial charge in [-0.15, -0.1) is 0 Å². The van der Waals surface area contributed by atoms with Gasteiger partial charge in [0.2, 0.25) is 6.10 Å². The number of nitrogens with one attached hydrogen (secondary N) is 2. The Labute approximate surface area is 163 Å². The van der Waals surface area contributed by atoms with Crippen molar-refractivity contribution in [2.45, 2.75) is 38.2 Å². The lowest BCUT2D eigenvalue weighted by Gasteiger charge is -2.24. The molecular weight excluding hydrogens is 364 g/mol. The van der Waals surface area contributed by atoms with E-state index in [0.717, 1.165) is 19.3 Å². The van der Waals surface area contributed by atoms with Crippen molar-refractivity contribution in [2.24, 2.45) is 0 Å². The molecule has 2 aliphatic rings. The molecule has 0 fully saturated rings. The fraction of sp³-hybridized carbons (Fsp3) is 0.450. The molecule has 0 unspecified atom stereocenters. The maximum atomic E-state index is 12.0. The van der Waals surface area contributed by atoms with E-state index in [1.165, 1.54) is 18.4 Å². The second-order valence-electron chi connectivity index (χ2n) is 6.63. The van der Waals surface area contributed by atoms with Gasteiger partial charge < -0.3 is 19.5 Å². The highest BCUT2D eigenvalue weighted by atomic mass is 16.6. The fourth-order valence-electron chi connectivity index (χ4n) is 3.04. The molecule has 8 nitrogen and oxygen atoms in total. The van der Waals surface area contributed by atoms with Crippen molar-refractivity contribution < 1.29 is 28.6 Å². The van der Waals surface area contributed by atoms with Gasteiger partial charge in [0.15, 0.2) is 18.1 Å². The molecule has 3 amide bonds. The summed E-state index contributed by atoms with van der Waals surface area (Å²) in [7, 11) is 0. The Hall–Kier alpha value is -3.03. The molecule has 150 valence electrons. The van der Waals surface area contributed by atoms with Gasteiger partial charge in [0.25, 0.3) is 5.91 Å². The van der Waals surface area contributed by atoms with Crippen LogP contribution in [0.5, 0.6) is 11.5 Å². The topological polar surface area (TPSA) is 103 Å². The molecule has 1 atom stereocenters. The Morgan fingerprint density at radius 3 is 2.75 bits per heavy atom. The lowest BCUT2D eigenvalue weighted by Crippen LogP contribution is -2.43. The average molecular weight is 388 g/mol. The minimum absolute atomic E-state index is 0.00615. The number of carbonyl (C=O) groups is 3. The Kier molecular flexibility index (Phi) is 6.89. The average Bonchev–Trinajstić information content (AvgIpc) is 2.72. The van der Waals surface area contributed by atoms with Crippen LogP contribution in [-0.2, 0) is 14.3 Å². The van der Waals surface area contributed by atoms with Gasteiger partial charge in [0, 0.05) is 6.54 Å². The van der Waals surface area contributed by atoms with Crippen LogP contribution in [0.25, 0.3) is 0 Å². The summed E-state index contributed by atoms with van der Waals surface area (Å²) in [6.07, 6.45) is 6.58. The lowest BCUT2D eigenvalue weighted by molar-refractivity contribution is -0.157. The predicted molar refractivity (Wildman–Crippen MR) is 100 cm³/mol. The molecule has 28 heavy (non-hydrogen) atoms. The molecule has 3 rings (SSSR count). The van der Waals surface area contributed by atoms with E-state index in [0.29, 0.717) is 18.0 Å². The smallest absolute Gasteiger partial charge is 0.351 e. The molecule has 0 saturated carbocycles. The lowest BCUT2D eigenvalue weighted by atomic mass is 9.97. The molecule has 1 heterocycles. The standard InChI is InChI=1S/C20H24N2O6/c23-18(22-20(25)21-11-10-14-6-2-1-3-7-14)13-27-19(24)17-12-26-15-8-4-5-9-16(15)28-17/h4-6,8-9,17H,1-3,7,10-13H2,(H2,21,22,23,25)/t17-/m0/s1. The van der Waals surface area contributed by atoms with Gasteiger partial charge in [-0.05, 0) is 44.2 Å². The molecule has 1 aliphatic carbocycles. The molecule has 8 heteroatoms. The molecular formula is C20H24N2O6. The van der Waals surface area contributed by atoms with Crippen LogP contribution in [0.2, 0.25) is 0 Å². The van der Waals surface area contributed by atoms with Gasteiger partial charge in [0.05, 0.1) is 0 Å². The van der Waals surface area contributed by atoms with Gasteiger partial charge in [0.1, 0.15) is 6.61 Å². The summed E-state index contributed by atoms with van der Waals surface area (Å²) >= 11 is 0. The van der Waals surface area contributed by atoms with Crippen LogP contribution in [0.15, 0.2) is 35.9 Å². The number of rotatable bonds is 6. The number of benzene rings is 1. The van der Waals surface area contributed by atoms with Gasteiger partial charge in [-0.3, -0.25) is 10.1 Å². The highest BCUT2D eigenvalue weighted by molar-refractivity contribution is 5.95. The largest absolute Gasteiger partial charge is 0.485 e. The number of amides is 3. The van der Waals surface area contributed by atoms with E-state index < -0.39 is 30.6 Å². The summed E-state index contributed by atoms with van der Waals surface area (Å²) in [6.45, 7) is -0.121. The normalized spacial score (nSPS) is 17.9. The van der Waals surface area contributed by atoms with Gasteiger partial charge >= 0.3 is 12.0 Å². The van der Waals surface area contributed by atoms with Crippen molar-refractivity contribution in [1.29, 1.82) is 0 Å². The third-order valence-corrected chi connectivity index (χ3v) is 4.49.